The molecule has 0 radical (unpaired) electrons. The highest BCUT2D eigenvalue weighted by Gasteiger charge is 2.31. The zero-order chi connectivity index (χ0) is 11.8. The Morgan fingerprint density at radius 1 is 1.69 bits per heavy atom. The van der Waals surface area contributed by atoms with Crippen LogP contribution in [-0.4, -0.2) is 26.6 Å². The van der Waals surface area contributed by atoms with Crippen LogP contribution in [-0.2, 0) is 11.3 Å². The molecule has 0 spiro atoms. The molecule has 1 saturated heterocycles. The monoisotopic (exact) mass is 224 g/mol. The van der Waals surface area contributed by atoms with E-state index in [0.29, 0.717) is 0 Å². The topological polar surface area (TPSA) is 47.3 Å². The standard InChI is InChI=1S/C12H20N2O2/c1-9(15)10-6-13-14(7-10)8-11-4-5-12(2,3)16-11/h6-7,9,11,15H,4-5,8H2,1-3H3. The average Bonchev–Trinajstić information content (AvgIpc) is 2.73. The van der Waals surface area contributed by atoms with Crippen molar-refractivity contribution in [2.45, 2.75) is 58.0 Å². The first-order chi connectivity index (χ1) is 7.46. The highest BCUT2D eigenvalue weighted by Crippen LogP contribution is 2.30. The van der Waals surface area contributed by atoms with Crippen molar-refractivity contribution in [1.29, 1.82) is 0 Å². The third-order valence-electron chi connectivity index (χ3n) is 3.08. The number of nitrogens with zero attached hydrogens (tertiary/aromatic N) is 2. The molecule has 4 nitrogen and oxygen atoms in total. The van der Waals surface area contributed by atoms with Crippen LogP contribution in [0.3, 0.4) is 0 Å². The molecule has 0 aromatic carbocycles. The molecule has 2 atom stereocenters. The SMILES string of the molecule is CC(O)c1cnn(CC2CCC(C)(C)O2)c1. The Hall–Kier alpha value is -0.870. The summed E-state index contributed by atoms with van der Waals surface area (Å²) in [5.74, 6) is 0. The molecule has 0 amide bonds. The van der Waals surface area contributed by atoms with Crippen molar-refractivity contribution in [2.75, 3.05) is 0 Å². The van der Waals surface area contributed by atoms with Crippen LogP contribution in [0.25, 0.3) is 0 Å². The van der Waals surface area contributed by atoms with E-state index in [1.54, 1.807) is 13.1 Å². The van der Waals surface area contributed by atoms with Gasteiger partial charge in [0.05, 0.1) is 30.6 Å². The molecule has 2 rings (SSSR count). The van der Waals surface area contributed by atoms with Crippen LogP contribution >= 0.6 is 0 Å². The van der Waals surface area contributed by atoms with E-state index in [2.05, 4.69) is 18.9 Å². The second-order valence-corrected chi connectivity index (χ2v) is 5.21. The molecule has 4 heteroatoms. The Kier molecular flexibility index (Phi) is 3.04. The molecule has 90 valence electrons. The minimum absolute atomic E-state index is 0.00488. The van der Waals surface area contributed by atoms with Gasteiger partial charge < -0.3 is 9.84 Å². The zero-order valence-electron chi connectivity index (χ0n) is 10.2. The summed E-state index contributed by atoms with van der Waals surface area (Å²) < 4.78 is 7.75. The summed E-state index contributed by atoms with van der Waals surface area (Å²) in [6.07, 6.45) is 5.58. The smallest absolute Gasteiger partial charge is 0.0792 e. The van der Waals surface area contributed by atoms with Gasteiger partial charge in [0.15, 0.2) is 0 Å². The Balaban J connectivity index is 1.94. The first-order valence-corrected chi connectivity index (χ1v) is 5.84. The van der Waals surface area contributed by atoms with Crippen molar-refractivity contribution in [3.8, 4) is 0 Å². The molecular weight excluding hydrogens is 204 g/mol. The number of aliphatic hydroxyl groups is 1. The molecule has 2 heterocycles. The second-order valence-electron chi connectivity index (χ2n) is 5.21. The fraction of sp³-hybridized carbons (Fsp3) is 0.750. The van der Waals surface area contributed by atoms with E-state index in [-0.39, 0.29) is 11.7 Å². The van der Waals surface area contributed by atoms with Gasteiger partial charge in [0.25, 0.3) is 0 Å². The Bertz CT molecular complexity index is 358. The molecule has 1 fully saturated rings. The highest BCUT2D eigenvalue weighted by molar-refractivity contribution is 5.06. The van der Waals surface area contributed by atoms with Crippen molar-refractivity contribution in [1.82, 2.24) is 9.78 Å². The maximum atomic E-state index is 9.40. The van der Waals surface area contributed by atoms with E-state index in [1.807, 2.05) is 10.9 Å². The number of rotatable bonds is 3. The third kappa shape index (κ3) is 2.62. The molecule has 1 aromatic rings. The van der Waals surface area contributed by atoms with Gasteiger partial charge in [-0.25, -0.2) is 0 Å². The Morgan fingerprint density at radius 2 is 2.44 bits per heavy atom. The predicted octanol–water partition coefficient (Wildman–Crippen LogP) is 1.89. The van der Waals surface area contributed by atoms with Gasteiger partial charge in [-0.15, -0.1) is 0 Å². The lowest BCUT2D eigenvalue weighted by atomic mass is 10.1. The Labute approximate surface area is 96.2 Å². The molecule has 1 aromatic heterocycles. The fourth-order valence-electron chi connectivity index (χ4n) is 2.11. The van der Waals surface area contributed by atoms with Crippen LogP contribution in [0.1, 0.15) is 45.3 Å². The summed E-state index contributed by atoms with van der Waals surface area (Å²) >= 11 is 0. The molecule has 1 N–H and O–H groups in total. The van der Waals surface area contributed by atoms with Crippen molar-refractivity contribution in [3.63, 3.8) is 0 Å². The molecule has 0 saturated carbocycles. The van der Waals surface area contributed by atoms with Gasteiger partial charge in [-0.05, 0) is 33.6 Å². The lowest BCUT2D eigenvalue weighted by Gasteiger charge is -2.19. The largest absolute Gasteiger partial charge is 0.389 e. The number of hydrogen-bond acceptors (Lipinski definition) is 3. The van der Waals surface area contributed by atoms with Crippen LogP contribution in [0.4, 0.5) is 0 Å². The van der Waals surface area contributed by atoms with Gasteiger partial charge in [-0.2, -0.15) is 5.10 Å². The van der Waals surface area contributed by atoms with E-state index in [4.69, 9.17) is 4.74 Å². The third-order valence-corrected chi connectivity index (χ3v) is 3.08. The molecular formula is C12H20N2O2. The summed E-state index contributed by atoms with van der Waals surface area (Å²) in [4.78, 5) is 0. The molecule has 1 aliphatic rings. The Morgan fingerprint density at radius 3 is 2.94 bits per heavy atom. The molecule has 16 heavy (non-hydrogen) atoms. The van der Waals surface area contributed by atoms with Gasteiger partial charge in [0.1, 0.15) is 0 Å². The van der Waals surface area contributed by atoms with E-state index in [0.717, 1.165) is 24.9 Å². The summed E-state index contributed by atoms with van der Waals surface area (Å²) in [5, 5.41) is 13.6. The van der Waals surface area contributed by atoms with Crippen LogP contribution in [0, 0.1) is 0 Å². The van der Waals surface area contributed by atoms with Gasteiger partial charge in [-0.3, -0.25) is 4.68 Å². The van der Waals surface area contributed by atoms with E-state index in [9.17, 15) is 5.11 Å². The quantitative estimate of drug-likeness (QED) is 0.853. The minimum Gasteiger partial charge on any atom is -0.389 e. The summed E-state index contributed by atoms with van der Waals surface area (Å²) in [6.45, 7) is 6.77. The highest BCUT2D eigenvalue weighted by atomic mass is 16.5. The van der Waals surface area contributed by atoms with Crippen molar-refractivity contribution in [3.05, 3.63) is 18.0 Å². The van der Waals surface area contributed by atoms with E-state index < -0.39 is 6.10 Å². The van der Waals surface area contributed by atoms with E-state index in [1.165, 1.54) is 0 Å². The van der Waals surface area contributed by atoms with Crippen LogP contribution in [0.2, 0.25) is 0 Å². The predicted molar refractivity (Wildman–Crippen MR) is 61.0 cm³/mol. The van der Waals surface area contributed by atoms with Crippen molar-refractivity contribution in [2.24, 2.45) is 0 Å². The number of aliphatic hydroxyl groups excluding tert-OH is 1. The number of ether oxygens (including phenoxy) is 1. The molecule has 0 bridgehead atoms. The van der Waals surface area contributed by atoms with Crippen LogP contribution < -0.4 is 0 Å². The molecule has 0 aliphatic carbocycles. The van der Waals surface area contributed by atoms with Gasteiger partial charge >= 0.3 is 0 Å². The maximum absolute atomic E-state index is 9.40. The minimum atomic E-state index is -0.449. The molecule has 2 unspecified atom stereocenters. The first kappa shape index (κ1) is 11.6. The fourth-order valence-corrected chi connectivity index (χ4v) is 2.11. The number of aromatic nitrogens is 2. The van der Waals surface area contributed by atoms with Gasteiger partial charge in [-0.1, -0.05) is 0 Å². The summed E-state index contributed by atoms with van der Waals surface area (Å²) in [5.41, 5.74) is 0.863. The first-order valence-electron chi connectivity index (χ1n) is 5.84. The van der Waals surface area contributed by atoms with Crippen LogP contribution in [0.15, 0.2) is 12.4 Å². The van der Waals surface area contributed by atoms with Gasteiger partial charge in [0, 0.05) is 11.8 Å². The summed E-state index contributed by atoms with van der Waals surface area (Å²) in [6, 6.07) is 0. The lowest BCUT2D eigenvalue weighted by Crippen LogP contribution is -2.23. The average molecular weight is 224 g/mol. The van der Waals surface area contributed by atoms with E-state index >= 15 is 0 Å². The number of hydrogen-bond donors (Lipinski definition) is 1. The lowest BCUT2D eigenvalue weighted by molar-refractivity contribution is -0.0230. The summed E-state index contributed by atoms with van der Waals surface area (Å²) in [7, 11) is 0. The molecule has 1 aliphatic heterocycles. The maximum Gasteiger partial charge on any atom is 0.0792 e. The van der Waals surface area contributed by atoms with Gasteiger partial charge in [0.2, 0.25) is 0 Å². The van der Waals surface area contributed by atoms with Crippen molar-refractivity contribution < 1.29 is 9.84 Å². The zero-order valence-corrected chi connectivity index (χ0v) is 10.2. The normalized spacial score (nSPS) is 25.9. The van der Waals surface area contributed by atoms with Crippen molar-refractivity contribution >= 4 is 0 Å². The van der Waals surface area contributed by atoms with Crippen LogP contribution in [0.5, 0.6) is 0 Å². The second kappa shape index (κ2) is 4.18.